The maximum atomic E-state index is 13.3. The van der Waals surface area contributed by atoms with Crippen LogP contribution in [0.3, 0.4) is 0 Å². The van der Waals surface area contributed by atoms with E-state index in [2.05, 4.69) is 30.7 Å². The highest BCUT2D eigenvalue weighted by Crippen LogP contribution is 2.26. The van der Waals surface area contributed by atoms with Gasteiger partial charge in [0.2, 0.25) is 0 Å². The zero-order valence-electron chi connectivity index (χ0n) is 29.2. The molecule has 4 amide bonds. The zero-order valence-corrected chi connectivity index (χ0v) is 30.9. The normalized spacial score (nSPS) is 12.2. The van der Waals surface area contributed by atoms with E-state index >= 15 is 0 Å². The third-order valence-corrected chi connectivity index (χ3v) is 10.4. The zero-order chi connectivity index (χ0) is 36.7. The third-order valence-electron chi connectivity index (χ3n) is 7.61. The second kappa shape index (κ2) is 18.8. The molecule has 0 fully saturated rings. The van der Waals surface area contributed by atoms with Crippen molar-refractivity contribution in [3.63, 3.8) is 0 Å². The Morgan fingerprint density at radius 2 is 1.38 bits per heavy atom. The van der Waals surface area contributed by atoms with Gasteiger partial charge in [0.15, 0.2) is 0 Å². The van der Waals surface area contributed by atoms with Crippen LogP contribution in [0, 0.1) is 0 Å². The van der Waals surface area contributed by atoms with Gasteiger partial charge in [-0.3, -0.25) is 9.44 Å². The molecule has 14 heteroatoms. The standard InChI is InChI=1S/C36H48N6O6S2/c1-6-13-26(8-3)33(9-4)41-50(47,48)31-17-12-16-29(25-31)40-36(44)38-24-23-27-15-11-18-34(32(27)14-7-2)42-49(45,46)30-21-19-28(20-22-30)39-35(43)37-10-5/h8-9,11-12,15-22,25,41-42H,6-7,10,13-14,23-24H2,1-5H3,(H2,37,39,43)(H2,38,40,44). The monoisotopic (exact) mass is 724 g/mol. The fourth-order valence-corrected chi connectivity index (χ4v) is 7.50. The van der Waals surface area contributed by atoms with Crippen LogP contribution in [0.2, 0.25) is 0 Å². The molecule has 0 saturated carbocycles. The number of anilines is 3. The first-order chi connectivity index (χ1) is 23.9. The van der Waals surface area contributed by atoms with Crippen LogP contribution in [0.1, 0.15) is 65.0 Å². The lowest BCUT2D eigenvalue weighted by atomic mass is 9.99. The summed E-state index contributed by atoms with van der Waals surface area (Å²) in [5.74, 6) is 0. The highest BCUT2D eigenvalue weighted by molar-refractivity contribution is 7.92. The number of hydrogen-bond donors (Lipinski definition) is 6. The minimum Gasteiger partial charge on any atom is -0.338 e. The van der Waals surface area contributed by atoms with E-state index in [1.54, 1.807) is 44.2 Å². The molecule has 0 bridgehead atoms. The summed E-state index contributed by atoms with van der Waals surface area (Å²) in [6, 6.07) is 16.4. The third kappa shape index (κ3) is 11.4. The van der Waals surface area contributed by atoms with Crippen molar-refractivity contribution in [1.29, 1.82) is 0 Å². The van der Waals surface area contributed by atoms with Crippen LogP contribution in [0.5, 0.6) is 0 Å². The predicted octanol–water partition coefficient (Wildman–Crippen LogP) is 6.87. The number of amides is 4. The van der Waals surface area contributed by atoms with Crippen LogP contribution in [-0.2, 0) is 32.9 Å². The highest BCUT2D eigenvalue weighted by atomic mass is 32.2. The maximum Gasteiger partial charge on any atom is 0.319 e. The van der Waals surface area contributed by atoms with Crippen LogP contribution in [0.15, 0.2) is 99.9 Å². The largest absolute Gasteiger partial charge is 0.338 e. The molecule has 0 aliphatic rings. The van der Waals surface area contributed by atoms with Crippen molar-refractivity contribution in [3.05, 3.63) is 101 Å². The topological polar surface area (TPSA) is 175 Å². The number of urea groups is 2. The van der Waals surface area contributed by atoms with Crippen LogP contribution in [0.25, 0.3) is 0 Å². The molecular weight excluding hydrogens is 677 g/mol. The molecule has 0 atom stereocenters. The fourth-order valence-electron chi connectivity index (χ4n) is 5.21. The molecule has 0 aromatic heterocycles. The summed E-state index contributed by atoms with van der Waals surface area (Å²) in [5.41, 5.74) is 4.32. The molecule has 3 rings (SSSR count). The molecule has 0 heterocycles. The molecule has 0 radical (unpaired) electrons. The Morgan fingerprint density at radius 3 is 2.02 bits per heavy atom. The summed E-state index contributed by atoms with van der Waals surface area (Å²) in [5, 5.41) is 10.8. The minimum atomic E-state index is -3.94. The molecule has 3 aromatic rings. The van der Waals surface area contributed by atoms with Crippen molar-refractivity contribution < 1.29 is 26.4 Å². The quantitative estimate of drug-likeness (QED) is 0.0829. The smallest absolute Gasteiger partial charge is 0.319 e. The lowest BCUT2D eigenvalue weighted by Gasteiger charge is -2.17. The van der Waals surface area contributed by atoms with Crippen molar-refractivity contribution in [2.75, 3.05) is 28.4 Å². The molecule has 0 aliphatic carbocycles. The molecule has 12 nitrogen and oxygen atoms in total. The van der Waals surface area contributed by atoms with Crippen molar-refractivity contribution >= 4 is 49.2 Å². The van der Waals surface area contributed by atoms with Gasteiger partial charge in [-0.15, -0.1) is 0 Å². The SMILES string of the molecule is CC=C(CCC)C(=CC)NS(=O)(=O)c1cccc(NC(=O)NCCc2cccc(NS(=O)(=O)c3ccc(NC(=O)NCC)cc3)c2CCC)c1. The lowest BCUT2D eigenvalue weighted by molar-refractivity contribution is 0.251. The number of rotatable bonds is 17. The minimum absolute atomic E-state index is 0.0112. The average molecular weight is 725 g/mol. The van der Waals surface area contributed by atoms with Crippen molar-refractivity contribution in [1.82, 2.24) is 15.4 Å². The van der Waals surface area contributed by atoms with Gasteiger partial charge in [0, 0.05) is 30.2 Å². The first kappa shape index (κ1) is 39.6. The van der Waals surface area contributed by atoms with Crippen molar-refractivity contribution in [3.8, 4) is 0 Å². The number of sulfonamides is 2. The Bertz CT molecular complexity index is 1910. The second-order valence-corrected chi connectivity index (χ2v) is 14.7. The summed E-state index contributed by atoms with van der Waals surface area (Å²) in [6.45, 7) is 10.2. The van der Waals surface area contributed by atoms with Gasteiger partial charge in [0.25, 0.3) is 20.0 Å². The van der Waals surface area contributed by atoms with E-state index in [0.29, 0.717) is 42.1 Å². The first-order valence-electron chi connectivity index (χ1n) is 16.6. The van der Waals surface area contributed by atoms with Crippen LogP contribution < -0.4 is 30.7 Å². The number of carbonyl (C=O) groups is 2. The average Bonchev–Trinajstić information content (AvgIpc) is 3.08. The van der Waals surface area contributed by atoms with E-state index in [9.17, 15) is 26.4 Å². The summed E-state index contributed by atoms with van der Waals surface area (Å²) in [6.07, 6.45) is 7.01. The summed E-state index contributed by atoms with van der Waals surface area (Å²) >= 11 is 0. The maximum absolute atomic E-state index is 13.3. The van der Waals surface area contributed by atoms with Crippen LogP contribution in [-0.4, -0.2) is 42.0 Å². The van der Waals surface area contributed by atoms with Gasteiger partial charge in [0.1, 0.15) is 0 Å². The van der Waals surface area contributed by atoms with Gasteiger partial charge in [-0.05, 0) is 105 Å². The summed E-state index contributed by atoms with van der Waals surface area (Å²) in [7, 11) is -7.84. The summed E-state index contributed by atoms with van der Waals surface area (Å²) in [4.78, 5) is 24.6. The lowest BCUT2D eigenvalue weighted by Crippen LogP contribution is -2.31. The van der Waals surface area contributed by atoms with Gasteiger partial charge in [0.05, 0.1) is 15.5 Å². The van der Waals surface area contributed by atoms with Crippen LogP contribution in [0.4, 0.5) is 26.7 Å². The van der Waals surface area contributed by atoms with Gasteiger partial charge >= 0.3 is 12.1 Å². The summed E-state index contributed by atoms with van der Waals surface area (Å²) < 4.78 is 58.3. The van der Waals surface area contributed by atoms with Gasteiger partial charge < -0.3 is 21.3 Å². The van der Waals surface area contributed by atoms with E-state index in [4.69, 9.17) is 0 Å². The van der Waals surface area contributed by atoms with Crippen molar-refractivity contribution in [2.45, 2.75) is 76.5 Å². The number of hydrogen-bond acceptors (Lipinski definition) is 6. The second-order valence-electron chi connectivity index (χ2n) is 11.3. The Labute approximate surface area is 296 Å². The van der Waals surface area contributed by atoms with E-state index in [1.807, 2.05) is 32.9 Å². The molecule has 3 aromatic carbocycles. The number of benzene rings is 3. The number of nitrogens with one attached hydrogen (secondary N) is 6. The molecule has 6 N–H and O–H groups in total. The highest BCUT2D eigenvalue weighted by Gasteiger charge is 2.19. The first-order valence-corrected chi connectivity index (χ1v) is 19.6. The predicted molar refractivity (Wildman–Crippen MR) is 200 cm³/mol. The van der Waals surface area contributed by atoms with Gasteiger partial charge in [-0.25, -0.2) is 26.4 Å². The van der Waals surface area contributed by atoms with Crippen molar-refractivity contribution in [2.24, 2.45) is 0 Å². The molecule has 270 valence electrons. The Morgan fingerprint density at radius 1 is 0.700 bits per heavy atom. The van der Waals surface area contributed by atoms with E-state index in [0.717, 1.165) is 36.0 Å². The number of allylic oxidation sites excluding steroid dienone is 3. The van der Waals surface area contributed by atoms with E-state index in [-0.39, 0.29) is 22.4 Å². The van der Waals surface area contributed by atoms with E-state index < -0.39 is 26.1 Å². The molecule has 50 heavy (non-hydrogen) atoms. The Balaban J connectivity index is 1.66. The molecule has 0 aliphatic heterocycles. The molecule has 0 spiro atoms. The van der Waals surface area contributed by atoms with Crippen LogP contribution >= 0.6 is 0 Å². The molecular formula is C36H48N6O6S2. The fraction of sp³-hybridized carbons (Fsp3) is 0.333. The Kier molecular flexibility index (Phi) is 14.9. The van der Waals surface area contributed by atoms with E-state index in [1.165, 1.54) is 36.4 Å². The van der Waals surface area contributed by atoms with Gasteiger partial charge in [-0.1, -0.05) is 57.0 Å². The number of carbonyl (C=O) groups excluding carboxylic acids is 2. The Hall–Kier alpha value is -4.82. The molecule has 0 unspecified atom stereocenters. The molecule has 0 saturated heterocycles. The van der Waals surface area contributed by atoms with Gasteiger partial charge in [-0.2, -0.15) is 0 Å².